The van der Waals surface area contributed by atoms with Crippen molar-refractivity contribution in [3.05, 3.63) is 34.9 Å². The van der Waals surface area contributed by atoms with Crippen LogP contribution in [0.2, 0.25) is 0 Å². The lowest BCUT2D eigenvalue weighted by molar-refractivity contribution is 0.0379. The average molecular weight is 349 g/mol. The summed E-state index contributed by atoms with van der Waals surface area (Å²) in [5.74, 6) is 0.752. The highest BCUT2D eigenvalue weighted by atomic mass is 32.2. The van der Waals surface area contributed by atoms with E-state index in [2.05, 4.69) is 6.92 Å². The number of rotatable bonds is 2. The summed E-state index contributed by atoms with van der Waals surface area (Å²) in [5, 5.41) is 15.4. The second-order valence-electron chi connectivity index (χ2n) is 7.55. The Morgan fingerprint density at radius 3 is 2.79 bits per heavy atom. The van der Waals surface area contributed by atoms with E-state index >= 15 is 0 Å². The Hall–Kier alpha value is -1.37. The first-order valence-corrected chi connectivity index (χ1v) is 10.0. The molecule has 130 valence electrons. The number of benzene rings is 1. The van der Waals surface area contributed by atoms with Gasteiger partial charge in [0.15, 0.2) is 0 Å². The van der Waals surface area contributed by atoms with Crippen LogP contribution in [0.5, 0.6) is 5.75 Å². The Morgan fingerprint density at radius 1 is 1.25 bits per heavy atom. The molecule has 1 aromatic carbocycles. The van der Waals surface area contributed by atoms with Crippen molar-refractivity contribution in [3.8, 4) is 5.75 Å². The molecule has 6 heteroatoms. The van der Waals surface area contributed by atoms with E-state index in [0.29, 0.717) is 5.92 Å². The molecule has 3 aliphatic rings. The number of fused-ring (bicyclic) bond motifs is 4. The van der Waals surface area contributed by atoms with Crippen molar-refractivity contribution in [1.82, 2.24) is 0 Å². The van der Waals surface area contributed by atoms with Crippen LogP contribution in [0.4, 0.5) is 0 Å². The minimum absolute atomic E-state index is 0.0208. The smallest absolute Gasteiger partial charge is 0.380 e. The second-order valence-corrected chi connectivity index (χ2v) is 8.70. The van der Waals surface area contributed by atoms with Crippen LogP contribution in [0.3, 0.4) is 0 Å². The van der Waals surface area contributed by atoms with Crippen LogP contribution in [-0.4, -0.2) is 19.6 Å². The minimum atomic E-state index is -3.99. The zero-order chi connectivity index (χ0) is 17.1. The van der Waals surface area contributed by atoms with E-state index in [0.717, 1.165) is 44.1 Å². The van der Waals surface area contributed by atoms with Crippen LogP contribution in [-0.2, 0) is 16.7 Å². The molecular formula is C18H23NO4S. The highest BCUT2D eigenvalue weighted by Gasteiger charge is 2.50. The Labute approximate surface area is 142 Å². The summed E-state index contributed by atoms with van der Waals surface area (Å²) < 4.78 is 27.0. The summed E-state index contributed by atoms with van der Waals surface area (Å²) in [6.45, 7) is 2.23. The molecule has 3 atom stereocenters. The fraction of sp³-hybridized carbons (Fsp3) is 0.556. The van der Waals surface area contributed by atoms with Gasteiger partial charge < -0.3 is 9.29 Å². The minimum Gasteiger partial charge on any atom is -0.393 e. The van der Waals surface area contributed by atoms with E-state index in [9.17, 15) is 13.5 Å². The van der Waals surface area contributed by atoms with Crippen LogP contribution < -0.4 is 9.32 Å². The van der Waals surface area contributed by atoms with Gasteiger partial charge in [-0.1, -0.05) is 18.6 Å². The molecule has 0 radical (unpaired) electrons. The van der Waals surface area contributed by atoms with E-state index in [1.54, 1.807) is 12.1 Å². The molecule has 5 nitrogen and oxygen atoms in total. The molecular weight excluding hydrogens is 326 g/mol. The normalized spacial score (nSPS) is 32.1. The van der Waals surface area contributed by atoms with Crippen molar-refractivity contribution in [1.29, 1.82) is 0 Å². The molecule has 3 aliphatic carbocycles. The third-order valence-electron chi connectivity index (χ3n) is 6.29. The van der Waals surface area contributed by atoms with E-state index in [4.69, 9.17) is 9.32 Å². The Bertz CT molecular complexity index is 829. The standard InChI is InChI=1S/C18H23NO4S/c1-18-9-8-14-13-5-3-12(23-24(19,21)22)10-11(13)2-4-15(14)16(18)6-7-17(18)20/h3,5,10,16-17,20H,2,4,6-9H2,1H3,(H2,19,21,22)/t16-,17+,18-/m0/s1. The number of allylic oxidation sites excluding steroid dienone is 2. The van der Waals surface area contributed by atoms with Crippen LogP contribution >= 0.6 is 0 Å². The fourth-order valence-corrected chi connectivity index (χ4v) is 5.43. The van der Waals surface area contributed by atoms with Crippen LogP contribution in [0.1, 0.15) is 50.2 Å². The molecule has 1 saturated carbocycles. The number of hydrogen-bond acceptors (Lipinski definition) is 4. The molecule has 0 spiro atoms. The van der Waals surface area contributed by atoms with E-state index < -0.39 is 10.3 Å². The van der Waals surface area contributed by atoms with Crippen LogP contribution in [0.25, 0.3) is 5.57 Å². The lowest BCUT2D eigenvalue weighted by Gasteiger charge is -2.43. The monoisotopic (exact) mass is 349 g/mol. The summed E-state index contributed by atoms with van der Waals surface area (Å²) in [6.07, 6.45) is 5.61. The van der Waals surface area contributed by atoms with Gasteiger partial charge in [0.2, 0.25) is 0 Å². The van der Waals surface area contributed by atoms with Gasteiger partial charge in [0.1, 0.15) is 5.75 Å². The van der Waals surface area contributed by atoms with E-state index in [1.807, 2.05) is 6.07 Å². The maximum Gasteiger partial charge on any atom is 0.380 e. The summed E-state index contributed by atoms with van der Waals surface area (Å²) in [4.78, 5) is 0. The van der Waals surface area contributed by atoms with Gasteiger partial charge in [0.05, 0.1) is 6.10 Å². The predicted octanol–water partition coefficient (Wildman–Crippen LogP) is 2.54. The summed E-state index contributed by atoms with van der Waals surface area (Å²) in [7, 11) is -3.99. The number of aliphatic hydroxyl groups excluding tert-OH is 1. The summed E-state index contributed by atoms with van der Waals surface area (Å²) in [6, 6.07) is 5.43. The number of aryl methyl sites for hydroxylation is 1. The zero-order valence-electron chi connectivity index (χ0n) is 13.8. The lowest BCUT2D eigenvalue weighted by Crippen LogP contribution is -2.37. The fourth-order valence-electron chi connectivity index (χ4n) is 5.05. The first kappa shape index (κ1) is 16.1. The summed E-state index contributed by atoms with van der Waals surface area (Å²) in [5.41, 5.74) is 5.26. The lowest BCUT2D eigenvalue weighted by atomic mass is 9.62. The second kappa shape index (κ2) is 5.31. The maximum absolute atomic E-state index is 11.1. The molecule has 3 N–H and O–H groups in total. The molecule has 0 amide bonds. The molecule has 1 fully saturated rings. The van der Waals surface area contributed by atoms with Gasteiger partial charge in [-0.2, -0.15) is 13.6 Å². The predicted molar refractivity (Wildman–Crippen MR) is 91.5 cm³/mol. The molecule has 1 aromatic rings. The third-order valence-corrected chi connectivity index (χ3v) is 6.71. The molecule has 0 heterocycles. The highest BCUT2D eigenvalue weighted by Crippen LogP contribution is 2.58. The first-order chi connectivity index (χ1) is 11.3. The summed E-state index contributed by atoms with van der Waals surface area (Å²) >= 11 is 0. The quantitative estimate of drug-likeness (QED) is 0.858. The largest absolute Gasteiger partial charge is 0.393 e. The van der Waals surface area contributed by atoms with E-state index in [1.165, 1.54) is 16.7 Å². The SMILES string of the molecule is C[C@]12CCC3=C(CCc4cc(OS(N)(=O)=O)ccc43)[C@@H]1CC[C@H]2O. The molecule has 24 heavy (non-hydrogen) atoms. The molecule has 0 aliphatic heterocycles. The molecule has 0 aromatic heterocycles. The number of aliphatic hydroxyl groups is 1. The van der Waals surface area contributed by atoms with Crippen molar-refractivity contribution < 1.29 is 17.7 Å². The topological polar surface area (TPSA) is 89.6 Å². The van der Waals surface area contributed by atoms with E-state index in [-0.39, 0.29) is 17.3 Å². The zero-order valence-corrected chi connectivity index (χ0v) is 14.6. The van der Waals surface area contributed by atoms with Gasteiger partial charge in [0, 0.05) is 5.41 Å². The van der Waals surface area contributed by atoms with Gasteiger partial charge in [-0.15, -0.1) is 0 Å². The molecule has 0 bridgehead atoms. The Balaban J connectivity index is 1.72. The van der Waals surface area contributed by atoms with Gasteiger partial charge in [0.25, 0.3) is 0 Å². The molecule has 0 unspecified atom stereocenters. The number of nitrogens with two attached hydrogens (primary N) is 1. The van der Waals surface area contributed by atoms with Gasteiger partial charge in [-0.25, -0.2) is 0 Å². The average Bonchev–Trinajstić information content (AvgIpc) is 2.81. The van der Waals surface area contributed by atoms with Crippen molar-refractivity contribution >= 4 is 15.9 Å². The third kappa shape index (κ3) is 2.48. The molecule has 0 saturated heterocycles. The molecule has 4 rings (SSSR count). The maximum atomic E-state index is 11.1. The van der Waals surface area contributed by atoms with Gasteiger partial charge in [-0.05, 0) is 73.3 Å². The van der Waals surface area contributed by atoms with Gasteiger partial charge >= 0.3 is 10.3 Å². The van der Waals surface area contributed by atoms with Crippen molar-refractivity contribution in [2.75, 3.05) is 0 Å². The van der Waals surface area contributed by atoms with Crippen LogP contribution in [0, 0.1) is 11.3 Å². The Kier molecular flexibility index (Phi) is 3.57. The Morgan fingerprint density at radius 2 is 2.04 bits per heavy atom. The highest BCUT2D eigenvalue weighted by molar-refractivity contribution is 7.84. The van der Waals surface area contributed by atoms with Crippen molar-refractivity contribution in [2.24, 2.45) is 16.5 Å². The van der Waals surface area contributed by atoms with Crippen LogP contribution in [0.15, 0.2) is 23.8 Å². The number of hydrogen-bond donors (Lipinski definition) is 2. The van der Waals surface area contributed by atoms with Crippen molar-refractivity contribution in [2.45, 2.75) is 51.6 Å². The first-order valence-electron chi connectivity index (χ1n) is 8.53. The van der Waals surface area contributed by atoms with Gasteiger partial charge in [-0.3, -0.25) is 0 Å². The van der Waals surface area contributed by atoms with Crippen molar-refractivity contribution in [3.63, 3.8) is 0 Å².